The van der Waals surface area contributed by atoms with Crippen molar-refractivity contribution in [1.29, 1.82) is 0 Å². The van der Waals surface area contributed by atoms with E-state index in [1.54, 1.807) is 0 Å². The molecule has 0 spiro atoms. The highest BCUT2D eigenvalue weighted by molar-refractivity contribution is 6.19. The summed E-state index contributed by atoms with van der Waals surface area (Å²) in [6.07, 6.45) is -0.960. The molecule has 0 saturated heterocycles. The van der Waals surface area contributed by atoms with Crippen LogP contribution in [0.5, 0.6) is 5.75 Å². The molecular weight excluding hydrogens is 211 g/mol. The van der Waals surface area contributed by atoms with Crippen molar-refractivity contribution in [3.8, 4) is 5.75 Å². The van der Waals surface area contributed by atoms with Crippen molar-refractivity contribution in [3.63, 3.8) is 0 Å². The molecule has 0 aliphatic rings. The van der Waals surface area contributed by atoms with Crippen LogP contribution in [0.4, 0.5) is 9.18 Å². The molecule has 0 heterocycles. The monoisotopic (exact) mass is 218 g/mol. The van der Waals surface area contributed by atoms with Crippen molar-refractivity contribution in [3.05, 3.63) is 30.1 Å². The average molecular weight is 219 g/mol. The van der Waals surface area contributed by atoms with Gasteiger partial charge < -0.3 is 9.47 Å². The first kappa shape index (κ1) is 10.8. The third-order valence-electron chi connectivity index (χ3n) is 1.26. The van der Waals surface area contributed by atoms with Gasteiger partial charge >= 0.3 is 6.16 Å². The van der Waals surface area contributed by atoms with Crippen LogP contribution >= 0.6 is 11.6 Å². The Morgan fingerprint density at radius 1 is 1.57 bits per heavy atom. The Morgan fingerprint density at radius 3 is 2.86 bits per heavy atom. The second-order valence-electron chi connectivity index (χ2n) is 2.47. The molecule has 0 saturated carbocycles. The summed E-state index contributed by atoms with van der Waals surface area (Å²) in [7, 11) is 0. The van der Waals surface area contributed by atoms with Crippen LogP contribution in [0, 0.1) is 5.82 Å². The number of hydrogen-bond acceptors (Lipinski definition) is 3. The molecule has 0 N–H and O–H groups in total. The molecule has 76 valence electrons. The second kappa shape index (κ2) is 4.81. The zero-order valence-electron chi connectivity index (χ0n) is 7.37. The molecule has 1 unspecified atom stereocenters. The summed E-state index contributed by atoms with van der Waals surface area (Å²) in [4.78, 5) is 10.9. The Kier molecular flexibility index (Phi) is 3.71. The standard InChI is InChI=1S/C9H8ClFO3/c1-6(10)13-9(12)14-8-4-2-3-7(11)5-8/h2-6H,1H3. The van der Waals surface area contributed by atoms with E-state index in [-0.39, 0.29) is 5.75 Å². The summed E-state index contributed by atoms with van der Waals surface area (Å²) in [6, 6.07) is 5.16. The predicted octanol–water partition coefficient (Wildman–Crippen LogP) is 2.93. The minimum atomic E-state index is -0.960. The summed E-state index contributed by atoms with van der Waals surface area (Å²) < 4.78 is 21.7. The Balaban J connectivity index is 2.56. The molecule has 1 rings (SSSR count). The minimum absolute atomic E-state index is 0.0762. The maximum Gasteiger partial charge on any atom is 0.515 e. The van der Waals surface area contributed by atoms with Crippen LogP contribution in [0.15, 0.2) is 24.3 Å². The Bertz CT molecular complexity index is 328. The molecule has 5 heteroatoms. The van der Waals surface area contributed by atoms with E-state index in [0.29, 0.717) is 0 Å². The van der Waals surface area contributed by atoms with Gasteiger partial charge in [0.1, 0.15) is 11.6 Å². The lowest BCUT2D eigenvalue weighted by molar-refractivity contribution is 0.0923. The number of hydrogen-bond donors (Lipinski definition) is 0. The van der Waals surface area contributed by atoms with Crippen molar-refractivity contribution < 1.29 is 18.7 Å². The number of alkyl halides is 1. The molecule has 0 aromatic heterocycles. The summed E-state index contributed by atoms with van der Waals surface area (Å²) in [6.45, 7) is 1.47. The quantitative estimate of drug-likeness (QED) is 0.435. The van der Waals surface area contributed by atoms with Crippen LogP contribution in [-0.4, -0.2) is 11.7 Å². The normalized spacial score (nSPS) is 11.9. The summed E-state index contributed by atoms with van der Waals surface area (Å²) in [5.41, 5.74) is -0.781. The summed E-state index contributed by atoms with van der Waals surface area (Å²) in [5.74, 6) is -0.415. The SMILES string of the molecule is CC(Cl)OC(=O)Oc1cccc(F)c1. The lowest BCUT2D eigenvalue weighted by atomic mass is 10.3. The van der Waals surface area contributed by atoms with Gasteiger partial charge in [0.05, 0.1) is 0 Å². The van der Waals surface area contributed by atoms with E-state index in [2.05, 4.69) is 9.47 Å². The van der Waals surface area contributed by atoms with E-state index >= 15 is 0 Å². The largest absolute Gasteiger partial charge is 0.515 e. The van der Waals surface area contributed by atoms with Gasteiger partial charge in [0.2, 0.25) is 0 Å². The Hall–Kier alpha value is -1.29. The molecule has 0 aliphatic heterocycles. The summed E-state index contributed by atoms with van der Waals surface area (Å²) in [5, 5.41) is 0. The Labute approximate surface area is 85.4 Å². The number of carbonyl (C=O) groups is 1. The topological polar surface area (TPSA) is 35.5 Å². The van der Waals surface area contributed by atoms with E-state index in [1.807, 2.05) is 0 Å². The van der Waals surface area contributed by atoms with E-state index in [4.69, 9.17) is 11.6 Å². The van der Waals surface area contributed by atoms with Gasteiger partial charge in [0.25, 0.3) is 0 Å². The fraction of sp³-hybridized carbons (Fsp3) is 0.222. The number of ether oxygens (including phenoxy) is 2. The summed E-state index contributed by atoms with van der Waals surface area (Å²) >= 11 is 5.37. The van der Waals surface area contributed by atoms with E-state index in [0.717, 1.165) is 6.07 Å². The first-order valence-corrected chi connectivity index (χ1v) is 4.29. The third kappa shape index (κ3) is 3.62. The van der Waals surface area contributed by atoms with Crippen LogP contribution in [0.1, 0.15) is 6.92 Å². The van der Waals surface area contributed by atoms with E-state index < -0.39 is 17.5 Å². The van der Waals surface area contributed by atoms with Gasteiger partial charge in [-0.25, -0.2) is 9.18 Å². The molecular formula is C9H8ClFO3. The number of benzene rings is 1. The van der Waals surface area contributed by atoms with Crippen molar-refractivity contribution in [2.45, 2.75) is 12.5 Å². The molecule has 0 amide bonds. The molecule has 14 heavy (non-hydrogen) atoms. The molecule has 1 atom stereocenters. The maximum absolute atomic E-state index is 12.6. The Morgan fingerprint density at radius 2 is 2.29 bits per heavy atom. The number of carbonyl (C=O) groups excluding carboxylic acids is 1. The zero-order valence-corrected chi connectivity index (χ0v) is 8.12. The van der Waals surface area contributed by atoms with Gasteiger partial charge in [0, 0.05) is 6.07 Å². The van der Waals surface area contributed by atoms with Gasteiger partial charge in [-0.15, -0.1) is 0 Å². The molecule has 0 aliphatic carbocycles. The van der Waals surface area contributed by atoms with Crippen LogP contribution in [0.3, 0.4) is 0 Å². The molecule has 3 nitrogen and oxygen atoms in total. The predicted molar refractivity (Wildman–Crippen MR) is 48.8 cm³/mol. The lowest BCUT2D eigenvalue weighted by Crippen LogP contribution is -2.14. The highest BCUT2D eigenvalue weighted by Crippen LogP contribution is 2.13. The zero-order chi connectivity index (χ0) is 10.6. The van der Waals surface area contributed by atoms with Crippen molar-refractivity contribution >= 4 is 17.8 Å². The van der Waals surface area contributed by atoms with Crippen LogP contribution in [0.25, 0.3) is 0 Å². The van der Waals surface area contributed by atoms with Gasteiger partial charge in [-0.05, 0) is 19.1 Å². The van der Waals surface area contributed by atoms with E-state index in [9.17, 15) is 9.18 Å². The van der Waals surface area contributed by atoms with Gasteiger partial charge in [0.15, 0.2) is 5.56 Å². The average Bonchev–Trinajstić information content (AvgIpc) is 2.01. The lowest BCUT2D eigenvalue weighted by Gasteiger charge is -2.06. The number of halogens is 2. The van der Waals surface area contributed by atoms with Crippen molar-refractivity contribution in [2.24, 2.45) is 0 Å². The fourth-order valence-corrected chi connectivity index (χ4v) is 0.856. The minimum Gasteiger partial charge on any atom is -0.415 e. The van der Waals surface area contributed by atoms with Gasteiger partial charge in [-0.2, -0.15) is 0 Å². The first-order valence-electron chi connectivity index (χ1n) is 3.86. The maximum atomic E-state index is 12.6. The molecule has 0 bridgehead atoms. The van der Waals surface area contributed by atoms with Gasteiger partial charge in [-0.1, -0.05) is 17.7 Å². The molecule has 0 fully saturated rings. The third-order valence-corrected chi connectivity index (χ3v) is 1.34. The van der Waals surface area contributed by atoms with Gasteiger partial charge in [-0.3, -0.25) is 0 Å². The van der Waals surface area contributed by atoms with Crippen LogP contribution in [-0.2, 0) is 4.74 Å². The first-order chi connectivity index (χ1) is 6.58. The smallest absolute Gasteiger partial charge is 0.415 e. The molecule has 1 aromatic carbocycles. The van der Waals surface area contributed by atoms with Crippen LogP contribution in [0.2, 0.25) is 0 Å². The molecule has 1 aromatic rings. The number of rotatable bonds is 2. The van der Waals surface area contributed by atoms with Crippen LogP contribution < -0.4 is 4.74 Å². The highest BCUT2D eigenvalue weighted by atomic mass is 35.5. The van der Waals surface area contributed by atoms with E-state index in [1.165, 1.54) is 25.1 Å². The second-order valence-corrected chi connectivity index (χ2v) is 3.08. The fourth-order valence-electron chi connectivity index (χ4n) is 0.783. The van der Waals surface area contributed by atoms with Crippen molar-refractivity contribution in [1.82, 2.24) is 0 Å². The molecule has 0 radical (unpaired) electrons. The van der Waals surface area contributed by atoms with Crippen molar-refractivity contribution in [2.75, 3.05) is 0 Å². The highest BCUT2D eigenvalue weighted by Gasteiger charge is 2.09.